The summed E-state index contributed by atoms with van der Waals surface area (Å²) in [6, 6.07) is 14.4. The third kappa shape index (κ3) is 6.37. The average Bonchev–Trinajstić information content (AvgIpc) is 2.71. The predicted octanol–water partition coefficient (Wildman–Crippen LogP) is 3.54. The molecular formula is C22H27FN2O3. The van der Waals surface area contributed by atoms with E-state index in [1.54, 1.807) is 49.4 Å². The van der Waals surface area contributed by atoms with Crippen LogP contribution in [0.1, 0.15) is 32.3 Å². The Morgan fingerprint density at radius 1 is 1.11 bits per heavy atom. The lowest BCUT2D eigenvalue weighted by Crippen LogP contribution is -2.49. The Hall–Kier alpha value is -2.89. The highest BCUT2D eigenvalue weighted by molar-refractivity contribution is 5.87. The second kappa shape index (κ2) is 11.1. The minimum Gasteiger partial charge on any atom is -0.484 e. The number of ether oxygens (including phenoxy) is 1. The van der Waals surface area contributed by atoms with Crippen LogP contribution in [0.15, 0.2) is 54.6 Å². The highest BCUT2D eigenvalue weighted by Gasteiger charge is 2.27. The molecule has 2 aromatic rings. The van der Waals surface area contributed by atoms with Crippen LogP contribution in [-0.4, -0.2) is 35.9 Å². The van der Waals surface area contributed by atoms with Crippen LogP contribution in [0.3, 0.4) is 0 Å². The van der Waals surface area contributed by atoms with E-state index in [1.807, 2.05) is 13.0 Å². The first-order chi connectivity index (χ1) is 13.5. The van der Waals surface area contributed by atoms with E-state index in [9.17, 15) is 14.0 Å². The molecule has 0 aliphatic heterocycles. The summed E-state index contributed by atoms with van der Waals surface area (Å²) < 4.78 is 19.6. The van der Waals surface area contributed by atoms with E-state index in [-0.39, 0.29) is 25.0 Å². The van der Waals surface area contributed by atoms with E-state index in [0.717, 1.165) is 12.8 Å². The number of hydrogen-bond acceptors (Lipinski definition) is 3. The number of halogens is 1. The molecule has 5 nitrogen and oxygen atoms in total. The minimum absolute atomic E-state index is 0.00792. The Bertz CT molecular complexity index is 767. The third-order valence-corrected chi connectivity index (χ3v) is 4.40. The fraction of sp³-hybridized carbons (Fsp3) is 0.364. The van der Waals surface area contributed by atoms with Crippen LogP contribution in [0.2, 0.25) is 0 Å². The van der Waals surface area contributed by atoms with Crippen LogP contribution < -0.4 is 10.1 Å². The van der Waals surface area contributed by atoms with Crippen LogP contribution in [0, 0.1) is 5.82 Å². The summed E-state index contributed by atoms with van der Waals surface area (Å²) >= 11 is 0. The summed E-state index contributed by atoms with van der Waals surface area (Å²) in [5, 5.41) is 2.83. The van der Waals surface area contributed by atoms with E-state index in [2.05, 4.69) is 5.32 Å². The van der Waals surface area contributed by atoms with Crippen molar-refractivity contribution < 1.29 is 18.7 Å². The van der Waals surface area contributed by atoms with Gasteiger partial charge in [-0.25, -0.2) is 4.39 Å². The average molecular weight is 386 g/mol. The van der Waals surface area contributed by atoms with Gasteiger partial charge in [-0.15, -0.1) is 0 Å². The first kappa shape index (κ1) is 21.4. The highest BCUT2D eigenvalue weighted by Crippen LogP contribution is 2.14. The molecule has 2 aromatic carbocycles. The number of nitrogens with one attached hydrogen (secondary N) is 1. The Balaban J connectivity index is 2.11. The lowest BCUT2D eigenvalue weighted by molar-refractivity contribution is -0.142. The number of rotatable bonds is 10. The lowest BCUT2D eigenvalue weighted by atomic mass is 10.1. The van der Waals surface area contributed by atoms with E-state index in [0.29, 0.717) is 17.9 Å². The van der Waals surface area contributed by atoms with Gasteiger partial charge in [-0.05, 0) is 31.5 Å². The highest BCUT2D eigenvalue weighted by atomic mass is 19.1. The zero-order valence-electron chi connectivity index (χ0n) is 16.4. The van der Waals surface area contributed by atoms with Gasteiger partial charge in [0.1, 0.15) is 17.6 Å². The van der Waals surface area contributed by atoms with Crippen molar-refractivity contribution in [3.8, 4) is 5.75 Å². The molecule has 0 spiro atoms. The molecule has 6 heteroatoms. The van der Waals surface area contributed by atoms with Gasteiger partial charge in [-0.2, -0.15) is 0 Å². The number of amides is 2. The number of benzene rings is 2. The maximum Gasteiger partial charge on any atom is 0.261 e. The van der Waals surface area contributed by atoms with Gasteiger partial charge < -0.3 is 15.0 Å². The maximum absolute atomic E-state index is 14.1. The number of para-hydroxylation sites is 1. The van der Waals surface area contributed by atoms with Crippen molar-refractivity contribution in [2.24, 2.45) is 0 Å². The van der Waals surface area contributed by atoms with Gasteiger partial charge in [0.25, 0.3) is 5.91 Å². The topological polar surface area (TPSA) is 58.6 Å². The van der Waals surface area contributed by atoms with Crippen LogP contribution in [0.4, 0.5) is 4.39 Å². The van der Waals surface area contributed by atoms with Gasteiger partial charge >= 0.3 is 0 Å². The summed E-state index contributed by atoms with van der Waals surface area (Å²) in [5.41, 5.74) is 0.351. The van der Waals surface area contributed by atoms with Crippen LogP contribution in [0.25, 0.3) is 0 Å². The molecule has 0 saturated carbocycles. The summed E-state index contributed by atoms with van der Waals surface area (Å²) in [7, 11) is 0. The van der Waals surface area contributed by atoms with Gasteiger partial charge in [0, 0.05) is 18.7 Å². The van der Waals surface area contributed by atoms with Gasteiger partial charge in [0.15, 0.2) is 6.61 Å². The third-order valence-electron chi connectivity index (χ3n) is 4.40. The molecule has 1 atom stereocenters. The molecular weight excluding hydrogens is 359 g/mol. The Morgan fingerprint density at radius 3 is 2.46 bits per heavy atom. The minimum atomic E-state index is -0.747. The lowest BCUT2D eigenvalue weighted by Gasteiger charge is -2.29. The summed E-state index contributed by atoms with van der Waals surface area (Å²) in [6.45, 7) is 3.98. The van der Waals surface area contributed by atoms with E-state index < -0.39 is 11.9 Å². The smallest absolute Gasteiger partial charge is 0.261 e. The van der Waals surface area contributed by atoms with Crippen molar-refractivity contribution in [2.45, 2.75) is 39.3 Å². The summed E-state index contributed by atoms with van der Waals surface area (Å²) in [6.07, 6.45) is 1.81. The summed E-state index contributed by atoms with van der Waals surface area (Å²) in [5.74, 6) is -0.507. The van der Waals surface area contributed by atoms with Gasteiger partial charge in [-0.3, -0.25) is 9.59 Å². The second-order valence-electron chi connectivity index (χ2n) is 6.54. The zero-order chi connectivity index (χ0) is 20.4. The Morgan fingerprint density at radius 2 is 1.79 bits per heavy atom. The summed E-state index contributed by atoms with van der Waals surface area (Å²) in [4.78, 5) is 26.6. The Kier molecular flexibility index (Phi) is 8.46. The monoisotopic (exact) mass is 386 g/mol. The van der Waals surface area contributed by atoms with Crippen molar-refractivity contribution in [1.82, 2.24) is 10.2 Å². The first-order valence-corrected chi connectivity index (χ1v) is 9.51. The second-order valence-corrected chi connectivity index (χ2v) is 6.54. The fourth-order valence-corrected chi connectivity index (χ4v) is 2.67. The maximum atomic E-state index is 14.1. The van der Waals surface area contributed by atoms with Gasteiger partial charge in [0.05, 0.1) is 0 Å². The standard InChI is InChI=1S/C22H27FN2O3/c1-3-4-14-24-22(27)17(2)25(15-18-10-8-9-13-20(18)23)21(26)16-28-19-11-6-5-7-12-19/h5-13,17H,3-4,14-16H2,1-2H3,(H,24,27)/t17-/m0/s1. The molecule has 0 fully saturated rings. The molecule has 2 amide bonds. The molecule has 1 N–H and O–H groups in total. The molecule has 0 heterocycles. The van der Waals surface area contributed by atoms with Crippen molar-refractivity contribution in [2.75, 3.05) is 13.2 Å². The molecule has 0 unspecified atom stereocenters. The SMILES string of the molecule is CCCCNC(=O)[C@H](C)N(Cc1ccccc1F)C(=O)COc1ccccc1. The van der Waals surface area contributed by atoms with Crippen molar-refractivity contribution >= 4 is 11.8 Å². The molecule has 0 aromatic heterocycles. The molecule has 150 valence electrons. The number of unbranched alkanes of at least 4 members (excludes halogenated alkanes) is 1. The molecule has 0 radical (unpaired) electrons. The molecule has 0 bridgehead atoms. The zero-order valence-corrected chi connectivity index (χ0v) is 16.4. The number of hydrogen-bond donors (Lipinski definition) is 1. The Labute approximate surface area is 165 Å². The van der Waals surface area contributed by atoms with Crippen molar-refractivity contribution in [1.29, 1.82) is 0 Å². The fourth-order valence-electron chi connectivity index (χ4n) is 2.67. The normalized spacial score (nSPS) is 11.5. The molecule has 0 aliphatic rings. The van der Waals surface area contributed by atoms with Crippen molar-refractivity contribution in [3.63, 3.8) is 0 Å². The quantitative estimate of drug-likeness (QED) is 0.636. The number of carbonyl (C=O) groups excluding carboxylic acids is 2. The number of nitrogens with zero attached hydrogens (tertiary/aromatic N) is 1. The molecule has 28 heavy (non-hydrogen) atoms. The molecule has 2 rings (SSSR count). The largest absolute Gasteiger partial charge is 0.484 e. The van der Waals surface area contributed by atoms with Gasteiger partial charge in [0.2, 0.25) is 5.91 Å². The number of carbonyl (C=O) groups is 2. The van der Waals surface area contributed by atoms with Crippen LogP contribution in [0.5, 0.6) is 5.75 Å². The van der Waals surface area contributed by atoms with Crippen molar-refractivity contribution in [3.05, 3.63) is 66.0 Å². The van der Waals surface area contributed by atoms with E-state index in [4.69, 9.17) is 4.74 Å². The van der Waals surface area contributed by atoms with E-state index >= 15 is 0 Å². The molecule has 0 saturated heterocycles. The first-order valence-electron chi connectivity index (χ1n) is 9.51. The van der Waals surface area contributed by atoms with Crippen LogP contribution in [-0.2, 0) is 16.1 Å². The predicted molar refractivity (Wildman–Crippen MR) is 106 cm³/mol. The van der Waals surface area contributed by atoms with E-state index in [1.165, 1.54) is 11.0 Å². The molecule has 0 aliphatic carbocycles. The van der Waals surface area contributed by atoms with Gasteiger partial charge in [-0.1, -0.05) is 49.7 Å². The van der Waals surface area contributed by atoms with Crippen LogP contribution >= 0.6 is 0 Å².